The Kier molecular flexibility index (Phi) is 206. The lowest BCUT2D eigenvalue weighted by molar-refractivity contribution is 0.834. The van der Waals surface area contributed by atoms with Crippen LogP contribution in [-0.4, -0.2) is 6.04 Å². The second-order valence-corrected chi connectivity index (χ2v) is 1.95. The fraction of sp³-hybridized carbons (Fsp3) is 1.00. The molecule has 1 nitrogen and oxygen atoms in total. The van der Waals surface area contributed by atoms with E-state index in [0.717, 1.165) is 0 Å². The van der Waals surface area contributed by atoms with Crippen molar-refractivity contribution in [3.63, 3.8) is 0 Å². The average molecular weight is 193 g/mol. The molecule has 13 heavy (non-hydrogen) atoms. The van der Waals surface area contributed by atoms with Crippen LogP contribution in [0.25, 0.3) is 0 Å². The normalized spacial score (nSPS) is 5.54. The molecule has 0 atom stereocenters. The largest absolute Gasteiger partial charge is 0.328 e. The van der Waals surface area contributed by atoms with Gasteiger partial charge >= 0.3 is 0 Å². The van der Waals surface area contributed by atoms with Crippen molar-refractivity contribution in [3.05, 3.63) is 0 Å². The topological polar surface area (TPSA) is 26.0 Å². The fourth-order valence-electron chi connectivity index (χ4n) is 0. The summed E-state index contributed by atoms with van der Waals surface area (Å²) in [7, 11) is 0. The maximum absolute atomic E-state index is 5.11. The van der Waals surface area contributed by atoms with E-state index in [4.69, 9.17) is 5.73 Å². The highest BCUT2D eigenvalue weighted by Gasteiger charge is 1.67. The van der Waals surface area contributed by atoms with Crippen LogP contribution in [0.4, 0.5) is 0 Å². The molecule has 0 aromatic rings. The fourth-order valence-corrected chi connectivity index (χ4v) is 0. The van der Waals surface area contributed by atoms with Crippen LogP contribution in [0, 0.1) is 0 Å². The van der Waals surface area contributed by atoms with Gasteiger partial charge in [-0.1, -0.05) is 75.7 Å². The first kappa shape index (κ1) is 29.3. The van der Waals surface area contributed by atoms with Gasteiger partial charge in [-0.05, 0) is 6.04 Å². The van der Waals surface area contributed by atoms with Gasteiger partial charge in [-0.15, -0.1) is 0 Å². The zero-order chi connectivity index (χ0) is 12.3. The van der Waals surface area contributed by atoms with Crippen molar-refractivity contribution in [2.24, 2.45) is 5.73 Å². The molecular weight excluding hydrogens is 158 g/mol. The van der Waals surface area contributed by atoms with Crippen molar-refractivity contribution in [1.29, 1.82) is 0 Å². The molecular formula is C12H35N. The highest BCUT2D eigenvalue weighted by molar-refractivity contribution is 4.32. The minimum atomic E-state index is 0.333. The Hall–Kier alpha value is -0.0400. The van der Waals surface area contributed by atoms with E-state index in [9.17, 15) is 0 Å². The monoisotopic (exact) mass is 193 g/mol. The molecule has 0 aromatic carbocycles. The Bertz CT molecular complexity index is 16.3. The third-order valence-corrected chi connectivity index (χ3v) is 0. The van der Waals surface area contributed by atoms with Gasteiger partial charge in [0.05, 0.1) is 0 Å². The first-order chi connectivity index (χ1) is 6.15. The van der Waals surface area contributed by atoms with Crippen LogP contribution in [0.3, 0.4) is 0 Å². The van der Waals surface area contributed by atoms with Gasteiger partial charge in [-0.25, -0.2) is 0 Å². The zero-order valence-electron chi connectivity index (χ0n) is 11.9. The quantitative estimate of drug-likeness (QED) is 0.585. The van der Waals surface area contributed by atoms with Crippen molar-refractivity contribution >= 4 is 0 Å². The van der Waals surface area contributed by atoms with E-state index in [-0.39, 0.29) is 0 Å². The SMILES string of the molecule is CC.CC.CC.CC(C)N.CCC. The molecule has 0 fully saturated rings. The molecule has 1 heteroatoms. The lowest BCUT2D eigenvalue weighted by Gasteiger charge is -1.81. The second kappa shape index (κ2) is 91.6. The van der Waals surface area contributed by atoms with Gasteiger partial charge in [0.15, 0.2) is 0 Å². The molecule has 0 unspecified atom stereocenters. The highest BCUT2D eigenvalue weighted by Crippen LogP contribution is 1.58. The summed E-state index contributed by atoms with van der Waals surface area (Å²) < 4.78 is 0. The van der Waals surface area contributed by atoms with Crippen LogP contribution in [0.1, 0.15) is 75.7 Å². The molecule has 0 rings (SSSR count). The number of hydrogen-bond acceptors (Lipinski definition) is 1. The van der Waals surface area contributed by atoms with Crippen LogP contribution < -0.4 is 5.73 Å². The first-order valence-corrected chi connectivity index (χ1v) is 5.90. The van der Waals surface area contributed by atoms with E-state index in [1.54, 1.807) is 0 Å². The highest BCUT2D eigenvalue weighted by atomic mass is 14.6. The molecule has 0 aliphatic heterocycles. The maximum atomic E-state index is 5.11. The minimum absolute atomic E-state index is 0.333. The first-order valence-electron chi connectivity index (χ1n) is 5.90. The summed E-state index contributed by atoms with van der Waals surface area (Å²) >= 11 is 0. The van der Waals surface area contributed by atoms with E-state index in [0.29, 0.717) is 6.04 Å². The van der Waals surface area contributed by atoms with E-state index in [2.05, 4.69) is 13.8 Å². The summed E-state index contributed by atoms with van der Waals surface area (Å²) in [4.78, 5) is 0. The van der Waals surface area contributed by atoms with Crippen LogP contribution in [-0.2, 0) is 0 Å². The standard InChI is InChI=1S/C3H9N.C3H8.3C2H6/c1-3(2)4;1-3-2;3*1-2/h3H,4H2,1-2H3;3H2,1-2H3;3*1-2H3. The summed E-state index contributed by atoms with van der Waals surface area (Å²) in [5.74, 6) is 0. The van der Waals surface area contributed by atoms with Crippen LogP contribution in [0.5, 0.6) is 0 Å². The van der Waals surface area contributed by atoms with Crippen molar-refractivity contribution in [1.82, 2.24) is 0 Å². The summed E-state index contributed by atoms with van der Waals surface area (Å²) in [5, 5.41) is 0. The van der Waals surface area contributed by atoms with Crippen molar-refractivity contribution in [2.45, 2.75) is 81.7 Å². The van der Waals surface area contributed by atoms with Crippen LogP contribution in [0.15, 0.2) is 0 Å². The molecule has 0 saturated carbocycles. The molecule has 2 N–H and O–H groups in total. The van der Waals surface area contributed by atoms with Crippen molar-refractivity contribution < 1.29 is 0 Å². The molecule has 0 aliphatic rings. The number of rotatable bonds is 0. The molecule has 0 aliphatic carbocycles. The number of nitrogens with two attached hydrogens (primary N) is 1. The summed E-state index contributed by atoms with van der Waals surface area (Å²) in [6, 6.07) is 0.333. The van der Waals surface area contributed by atoms with E-state index < -0.39 is 0 Å². The third kappa shape index (κ3) is 742000. The van der Waals surface area contributed by atoms with Gasteiger partial charge in [0.25, 0.3) is 0 Å². The zero-order valence-corrected chi connectivity index (χ0v) is 11.9. The molecule has 0 heterocycles. The molecule has 0 spiro atoms. The van der Waals surface area contributed by atoms with Gasteiger partial charge in [0.1, 0.15) is 0 Å². The van der Waals surface area contributed by atoms with Crippen molar-refractivity contribution in [3.8, 4) is 0 Å². The lowest BCUT2D eigenvalue weighted by atomic mass is 10.5. The Morgan fingerprint density at radius 2 is 0.769 bits per heavy atom. The Morgan fingerprint density at radius 3 is 0.769 bits per heavy atom. The molecule has 0 radical (unpaired) electrons. The Labute approximate surface area is 88.1 Å². The smallest absolute Gasteiger partial charge is 0.00179 e. The summed E-state index contributed by atoms with van der Waals surface area (Å²) in [6.45, 7) is 20.1. The van der Waals surface area contributed by atoms with Crippen LogP contribution >= 0.6 is 0 Å². The Balaban J connectivity index is -0.0000000215. The average Bonchev–Trinajstić information content (AvgIpc) is 2.14. The third-order valence-electron chi connectivity index (χ3n) is 0. The van der Waals surface area contributed by atoms with E-state index in [1.807, 2.05) is 55.4 Å². The predicted molar refractivity (Wildman–Crippen MR) is 69.3 cm³/mol. The van der Waals surface area contributed by atoms with Crippen molar-refractivity contribution in [2.75, 3.05) is 0 Å². The van der Waals surface area contributed by atoms with Crippen LogP contribution in [0.2, 0.25) is 0 Å². The second-order valence-electron chi connectivity index (χ2n) is 1.95. The molecule has 0 saturated heterocycles. The van der Waals surface area contributed by atoms with Gasteiger partial charge < -0.3 is 5.73 Å². The summed E-state index contributed by atoms with van der Waals surface area (Å²) in [5.41, 5.74) is 5.11. The van der Waals surface area contributed by atoms with E-state index >= 15 is 0 Å². The minimum Gasteiger partial charge on any atom is -0.328 e. The molecule has 0 amide bonds. The van der Waals surface area contributed by atoms with Gasteiger partial charge in [0.2, 0.25) is 0 Å². The maximum Gasteiger partial charge on any atom is -0.00179 e. The van der Waals surface area contributed by atoms with E-state index in [1.165, 1.54) is 6.42 Å². The number of hydrogen-bond donors (Lipinski definition) is 1. The van der Waals surface area contributed by atoms with Gasteiger partial charge in [-0.2, -0.15) is 0 Å². The molecule has 0 aromatic heterocycles. The lowest BCUT2D eigenvalue weighted by Crippen LogP contribution is -2.06. The Morgan fingerprint density at radius 1 is 0.769 bits per heavy atom. The molecule has 0 bridgehead atoms. The van der Waals surface area contributed by atoms with Gasteiger partial charge in [-0.3, -0.25) is 0 Å². The summed E-state index contributed by atoms with van der Waals surface area (Å²) in [6.07, 6.45) is 1.25. The molecule has 88 valence electrons. The predicted octanol–water partition coefficient (Wildman–Crippen LogP) is 4.85. The van der Waals surface area contributed by atoms with Gasteiger partial charge in [0, 0.05) is 0 Å².